The summed E-state index contributed by atoms with van der Waals surface area (Å²) in [5, 5.41) is 0. The summed E-state index contributed by atoms with van der Waals surface area (Å²) in [4.78, 5) is 27.4. The number of carbonyl (C=O) groups excluding carboxylic acids is 2. The summed E-state index contributed by atoms with van der Waals surface area (Å²) in [6, 6.07) is 4.73. The van der Waals surface area contributed by atoms with E-state index in [9.17, 15) is 14.0 Å². The summed E-state index contributed by atoms with van der Waals surface area (Å²) in [6.07, 6.45) is 1.63. The fourth-order valence-electron chi connectivity index (χ4n) is 3.14. The van der Waals surface area contributed by atoms with Gasteiger partial charge >= 0.3 is 0 Å². The zero-order chi connectivity index (χ0) is 15.1. The fourth-order valence-corrected chi connectivity index (χ4v) is 3.14. The van der Waals surface area contributed by atoms with Gasteiger partial charge in [-0.1, -0.05) is 0 Å². The van der Waals surface area contributed by atoms with Gasteiger partial charge in [-0.25, -0.2) is 4.39 Å². The molecule has 21 heavy (non-hydrogen) atoms. The van der Waals surface area contributed by atoms with E-state index in [1.807, 2.05) is 6.92 Å². The van der Waals surface area contributed by atoms with E-state index < -0.39 is 0 Å². The molecule has 2 heterocycles. The molecule has 2 aliphatic rings. The molecule has 4 nitrogen and oxygen atoms in total. The number of hydrogen-bond acceptors (Lipinski definition) is 2. The highest BCUT2D eigenvalue weighted by Gasteiger charge is 2.39. The summed E-state index contributed by atoms with van der Waals surface area (Å²) in [5.41, 5.74) is 1.71. The van der Waals surface area contributed by atoms with Crippen molar-refractivity contribution in [1.29, 1.82) is 0 Å². The predicted octanol–water partition coefficient (Wildman–Crippen LogP) is 1.97. The largest absolute Gasteiger partial charge is 0.341 e. The van der Waals surface area contributed by atoms with Gasteiger partial charge in [-0.3, -0.25) is 9.59 Å². The molecule has 0 saturated carbocycles. The molecule has 0 radical (unpaired) electrons. The molecule has 0 aliphatic carbocycles. The van der Waals surface area contributed by atoms with Crippen LogP contribution in [0.5, 0.6) is 0 Å². The second-order valence-corrected chi connectivity index (χ2v) is 5.99. The number of nitrogens with zero attached hydrogens (tertiary/aromatic N) is 2. The van der Waals surface area contributed by atoms with Gasteiger partial charge in [-0.05, 0) is 43.5 Å². The first-order chi connectivity index (χ1) is 9.97. The van der Waals surface area contributed by atoms with Gasteiger partial charge in [0.1, 0.15) is 5.82 Å². The van der Waals surface area contributed by atoms with Gasteiger partial charge in [0.2, 0.25) is 11.8 Å². The van der Waals surface area contributed by atoms with Crippen LogP contribution in [0.2, 0.25) is 0 Å². The lowest BCUT2D eigenvalue weighted by Crippen LogP contribution is -2.58. The first-order valence-corrected chi connectivity index (χ1v) is 7.34. The van der Waals surface area contributed by atoms with Crippen molar-refractivity contribution in [2.24, 2.45) is 5.92 Å². The molecule has 2 aliphatic heterocycles. The van der Waals surface area contributed by atoms with Crippen LogP contribution in [0, 0.1) is 11.7 Å². The second-order valence-electron chi connectivity index (χ2n) is 5.99. The lowest BCUT2D eigenvalue weighted by molar-refractivity contribution is -0.140. The van der Waals surface area contributed by atoms with E-state index in [2.05, 4.69) is 0 Å². The third-order valence-electron chi connectivity index (χ3n) is 4.49. The Morgan fingerprint density at radius 3 is 2.67 bits per heavy atom. The van der Waals surface area contributed by atoms with Crippen LogP contribution >= 0.6 is 0 Å². The first kappa shape index (κ1) is 14.0. The van der Waals surface area contributed by atoms with Crippen LogP contribution in [0.1, 0.15) is 25.8 Å². The molecule has 0 spiro atoms. The average Bonchev–Trinajstić information content (AvgIpc) is 2.36. The third kappa shape index (κ3) is 2.41. The number of aryl methyl sites for hydroxylation is 1. The fraction of sp³-hybridized carbons (Fsp3) is 0.500. The Hall–Kier alpha value is -1.91. The van der Waals surface area contributed by atoms with Gasteiger partial charge in [0.25, 0.3) is 0 Å². The van der Waals surface area contributed by atoms with Gasteiger partial charge in [-0.2, -0.15) is 0 Å². The normalized spacial score (nSPS) is 21.8. The zero-order valence-electron chi connectivity index (χ0n) is 12.3. The molecule has 5 heteroatoms. The van der Waals surface area contributed by atoms with Crippen LogP contribution in [0.3, 0.4) is 0 Å². The molecule has 2 amide bonds. The number of anilines is 1. The molecule has 3 rings (SSSR count). The van der Waals surface area contributed by atoms with Crippen LogP contribution in [0.4, 0.5) is 10.1 Å². The van der Waals surface area contributed by atoms with E-state index in [1.54, 1.807) is 15.9 Å². The summed E-state index contributed by atoms with van der Waals surface area (Å²) >= 11 is 0. The lowest BCUT2D eigenvalue weighted by Gasteiger charge is -2.43. The molecular weight excluding hydrogens is 271 g/mol. The van der Waals surface area contributed by atoms with Crippen molar-refractivity contribution in [2.45, 2.75) is 32.7 Å². The molecule has 0 N–H and O–H groups in total. The number of halogens is 1. The summed E-state index contributed by atoms with van der Waals surface area (Å²) in [6.45, 7) is 4.52. The maximum atomic E-state index is 13.3. The topological polar surface area (TPSA) is 40.6 Å². The molecule has 1 aromatic carbocycles. The minimum atomic E-state index is -0.262. The van der Waals surface area contributed by atoms with E-state index >= 15 is 0 Å². The quantitative estimate of drug-likeness (QED) is 0.793. The maximum Gasteiger partial charge on any atom is 0.233 e. The molecule has 1 atom stereocenters. The number of likely N-dealkylation sites (tertiary alicyclic amines) is 1. The van der Waals surface area contributed by atoms with Gasteiger partial charge in [0.05, 0.1) is 5.92 Å². The molecule has 0 bridgehead atoms. The van der Waals surface area contributed by atoms with Crippen molar-refractivity contribution in [2.75, 3.05) is 18.0 Å². The SMILES string of the molecule is CC(=O)N1CC(C(=O)N2c3ccc(F)cc3CC[C@@H]2C)C1. The highest BCUT2D eigenvalue weighted by Crippen LogP contribution is 2.33. The Morgan fingerprint density at radius 1 is 1.29 bits per heavy atom. The van der Waals surface area contributed by atoms with Crippen molar-refractivity contribution < 1.29 is 14.0 Å². The highest BCUT2D eigenvalue weighted by atomic mass is 19.1. The van der Waals surface area contributed by atoms with Crippen LogP contribution < -0.4 is 4.90 Å². The van der Waals surface area contributed by atoms with Gasteiger partial charge in [0, 0.05) is 31.7 Å². The van der Waals surface area contributed by atoms with E-state index in [-0.39, 0.29) is 29.6 Å². The summed E-state index contributed by atoms with van der Waals surface area (Å²) < 4.78 is 13.3. The lowest BCUT2D eigenvalue weighted by atomic mass is 9.92. The number of fused-ring (bicyclic) bond motifs is 1. The molecule has 0 aromatic heterocycles. The number of hydrogen-bond donors (Lipinski definition) is 0. The Bertz CT molecular complexity index is 596. The van der Waals surface area contributed by atoms with E-state index in [1.165, 1.54) is 19.1 Å². The molecular formula is C16H19FN2O2. The van der Waals surface area contributed by atoms with Crippen molar-refractivity contribution in [3.05, 3.63) is 29.6 Å². The van der Waals surface area contributed by atoms with Crippen LogP contribution in [-0.4, -0.2) is 35.8 Å². The molecule has 1 aromatic rings. The second kappa shape index (κ2) is 5.13. The van der Waals surface area contributed by atoms with Gasteiger partial charge < -0.3 is 9.80 Å². The number of rotatable bonds is 1. The van der Waals surface area contributed by atoms with Crippen LogP contribution in [0.25, 0.3) is 0 Å². The summed E-state index contributed by atoms with van der Waals surface area (Å²) in [7, 11) is 0. The van der Waals surface area contributed by atoms with E-state index in [0.717, 1.165) is 24.1 Å². The van der Waals surface area contributed by atoms with Crippen molar-refractivity contribution >= 4 is 17.5 Å². The average molecular weight is 290 g/mol. The van der Waals surface area contributed by atoms with E-state index in [0.29, 0.717) is 13.1 Å². The molecule has 112 valence electrons. The smallest absolute Gasteiger partial charge is 0.233 e. The Labute approximate surface area is 123 Å². The standard InChI is InChI=1S/C16H19FN2O2/c1-10-3-4-12-7-14(17)5-6-15(12)19(10)16(21)13-8-18(9-13)11(2)20/h5-7,10,13H,3-4,8-9H2,1-2H3/t10-/m0/s1. The third-order valence-corrected chi connectivity index (χ3v) is 4.49. The number of amides is 2. The maximum absolute atomic E-state index is 13.3. The van der Waals surface area contributed by atoms with Crippen molar-refractivity contribution in [1.82, 2.24) is 4.90 Å². The Kier molecular flexibility index (Phi) is 3.43. The van der Waals surface area contributed by atoms with Crippen molar-refractivity contribution in [3.63, 3.8) is 0 Å². The molecule has 1 fully saturated rings. The first-order valence-electron chi connectivity index (χ1n) is 7.34. The van der Waals surface area contributed by atoms with E-state index in [4.69, 9.17) is 0 Å². The highest BCUT2D eigenvalue weighted by molar-refractivity contribution is 5.98. The van der Waals surface area contributed by atoms with Crippen LogP contribution in [0.15, 0.2) is 18.2 Å². The number of benzene rings is 1. The van der Waals surface area contributed by atoms with Gasteiger partial charge in [0.15, 0.2) is 0 Å². The summed E-state index contributed by atoms with van der Waals surface area (Å²) in [5.74, 6) is -0.338. The molecule has 0 unspecified atom stereocenters. The monoisotopic (exact) mass is 290 g/mol. The Balaban J connectivity index is 1.82. The molecule has 1 saturated heterocycles. The Morgan fingerprint density at radius 2 is 2.00 bits per heavy atom. The van der Waals surface area contributed by atoms with Gasteiger partial charge in [-0.15, -0.1) is 0 Å². The number of carbonyl (C=O) groups is 2. The minimum Gasteiger partial charge on any atom is -0.341 e. The zero-order valence-corrected chi connectivity index (χ0v) is 12.3. The van der Waals surface area contributed by atoms with Crippen LogP contribution in [-0.2, 0) is 16.0 Å². The predicted molar refractivity (Wildman–Crippen MR) is 77.4 cm³/mol. The minimum absolute atomic E-state index is 0.00761. The van der Waals surface area contributed by atoms with Crippen molar-refractivity contribution in [3.8, 4) is 0 Å².